The zero-order valence-corrected chi connectivity index (χ0v) is 13.3. The van der Waals surface area contributed by atoms with Gasteiger partial charge in [-0.05, 0) is 37.8 Å². The summed E-state index contributed by atoms with van der Waals surface area (Å²) in [5, 5.41) is 0. The Labute approximate surface area is 125 Å². The van der Waals surface area contributed by atoms with E-state index in [1.807, 2.05) is 31.2 Å². The summed E-state index contributed by atoms with van der Waals surface area (Å²) in [5.74, 6) is 1.49. The number of halogens is 1. The molecular formula is C14H21ClO4S. The number of unbranched alkanes of at least 4 members (excludes halogenated alkanes) is 2. The van der Waals surface area contributed by atoms with E-state index in [2.05, 4.69) is 0 Å². The summed E-state index contributed by atoms with van der Waals surface area (Å²) in [6, 6.07) is 7.55. The third kappa shape index (κ3) is 7.60. The molecule has 6 heteroatoms. The lowest BCUT2D eigenvalue weighted by molar-refractivity contribution is 0.264. The highest BCUT2D eigenvalue weighted by Crippen LogP contribution is 2.26. The molecule has 20 heavy (non-hydrogen) atoms. The zero-order valence-electron chi connectivity index (χ0n) is 11.7. The fraction of sp³-hybridized carbons (Fsp3) is 0.571. The van der Waals surface area contributed by atoms with Crippen LogP contribution in [0.2, 0.25) is 0 Å². The molecule has 4 nitrogen and oxygen atoms in total. The lowest BCUT2D eigenvalue weighted by atomic mass is 10.2. The van der Waals surface area contributed by atoms with Gasteiger partial charge in [-0.15, -0.1) is 0 Å². The monoisotopic (exact) mass is 320 g/mol. The van der Waals surface area contributed by atoms with Crippen molar-refractivity contribution in [2.24, 2.45) is 0 Å². The SMILES string of the molecule is CCCOc1ccccc1OCCCCCS(=O)(=O)Cl. The van der Waals surface area contributed by atoms with E-state index in [1.165, 1.54) is 0 Å². The first-order valence-electron chi connectivity index (χ1n) is 6.80. The Morgan fingerprint density at radius 2 is 1.60 bits per heavy atom. The van der Waals surface area contributed by atoms with Gasteiger partial charge >= 0.3 is 0 Å². The first-order valence-corrected chi connectivity index (χ1v) is 9.27. The van der Waals surface area contributed by atoms with E-state index < -0.39 is 9.05 Å². The van der Waals surface area contributed by atoms with Gasteiger partial charge in [-0.2, -0.15) is 0 Å². The summed E-state index contributed by atoms with van der Waals surface area (Å²) >= 11 is 0. The number of benzene rings is 1. The largest absolute Gasteiger partial charge is 0.490 e. The van der Waals surface area contributed by atoms with Gasteiger partial charge in [-0.3, -0.25) is 0 Å². The van der Waals surface area contributed by atoms with Crippen LogP contribution in [0.4, 0.5) is 0 Å². The summed E-state index contributed by atoms with van der Waals surface area (Å²) < 4.78 is 32.7. The van der Waals surface area contributed by atoms with Crippen LogP contribution in [0, 0.1) is 0 Å². The van der Waals surface area contributed by atoms with E-state index in [1.54, 1.807) is 0 Å². The van der Waals surface area contributed by atoms with Crippen LogP contribution in [0.3, 0.4) is 0 Å². The Morgan fingerprint density at radius 3 is 2.15 bits per heavy atom. The van der Waals surface area contributed by atoms with Crippen LogP contribution in [-0.2, 0) is 9.05 Å². The highest BCUT2D eigenvalue weighted by atomic mass is 35.7. The molecule has 0 radical (unpaired) electrons. The summed E-state index contributed by atoms with van der Waals surface area (Å²) in [6.07, 6.45) is 3.06. The maximum Gasteiger partial charge on any atom is 0.232 e. The predicted octanol–water partition coefficient (Wildman–Crippen LogP) is 3.59. The van der Waals surface area contributed by atoms with E-state index in [0.717, 1.165) is 30.8 Å². The van der Waals surface area contributed by atoms with Crippen molar-refractivity contribution < 1.29 is 17.9 Å². The molecule has 0 unspecified atom stereocenters. The molecule has 0 spiro atoms. The van der Waals surface area contributed by atoms with Gasteiger partial charge in [-0.1, -0.05) is 19.1 Å². The van der Waals surface area contributed by atoms with Crippen LogP contribution in [-0.4, -0.2) is 27.4 Å². The van der Waals surface area contributed by atoms with Gasteiger partial charge in [0.2, 0.25) is 9.05 Å². The quantitative estimate of drug-likeness (QED) is 0.488. The first kappa shape index (κ1) is 17.1. The Morgan fingerprint density at radius 1 is 1.00 bits per heavy atom. The second kappa shape index (κ2) is 9.08. The topological polar surface area (TPSA) is 52.6 Å². The Bertz CT molecular complexity index is 488. The van der Waals surface area contributed by atoms with Crippen molar-refractivity contribution in [1.82, 2.24) is 0 Å². The molecule has 1 aromatic rings. The minimum atomic E-state index is -3.37. The second-order valence-electron chi connectivity index (χ2n) is 4.45. The summed E-state index contributed by atoms with van der Waals surface area (Å²) in [5.41, 5.74) is 0. The molecule has 114 valence electrons. The fourth-order valence-electron chi connectivity index (χ4n) is 1.64. The second-order valence-corrected chi connectivity index (χ2v) is 7.34. The Kier molecular flexibility index (Phi) is 7.77. The molecule has 1 rings (SSSR count). The van der Waals surface area contributed by atoms with Crippen molar-refractivity contribution >= 4 is 19.7 Å². The van der Waals surface area contributed by atoms with E-state index in [0.29, 0.717) is 19.6 Å². The molecule has 0 fully saturated rings. The summed E-state index contributed by atoms with van der Waals surface area (Å²) in [4.78, 5) is 0. The van der Waals surface area contributed by atoms with Crippen molar-refractivity contribution in [3.05, 3.63) is 24.3 Å². The number of hydrogen-bond acceptors (Lipinski definition) is 4. The highest BCUT2D eigenvalue weighted by molar-refractivity contribution is 8.13. The molecule has 0 aliphatic rings. The highest BCUT2D eigenvalue weighted by Gasteiger charge is 2.05. The van der Waals surface area contributed by atoms with Crippen molar-refractivity contribution in [2.75, 3.05) is 19.0 Å². The molecule has 0 amide bonds. The van der Waals surface area contributed by atoms with E-state index in [9.17, 15) is 8.42 Å². The normalized spacial score (nSPS) is 11.3. The molecule has 0 saturated heterocycles. The van der Waals surface area contributed by atoms with Crippen LogP contribution >= 0.6 is 10.7 Å². The average molecular weight is 321 g/mol. The Hall–Kier alpha value is -0.940. The van der Waals surface area contributed by atoms with Gasteiger partial charge in [0.05, 0.1) is 19.0 Å². The molecule has 0 aliphatic carbocycles. The van der Waals surface area contributed by atoms with Gasteiger partial charge in [0.15, 0.2) is 11.5 Å². The van der Waals surface area contributed by atoms with Crippen LogP contribution < -0.4 is 9.47 Å². The Balaban J connectivity index is 2.28. The van der Waals surface area contributed by atoms with Gasteiger partial charge in [0.1, 0.15) is 0 Å². The predicted molar refractivity (Wildman–Crippen MR) is 81.2 cm³/mol. The van der Waals surface area contributed by atoms with Crippen LogP contribution in [0.25, 0.3) is 0 Å². The van der Waals surface area contributed by atoms with Crippen molar-refractivity contribution in [3.63, 3.8) is 0 Å². The standard InChI is InChI=1S/C14H21ClO4S/c1-2-10-18-13-8-4-5-9-14(13)19-11-6-3-7-12-20(15,16)17/h4-5,8-9H,2-3,6-7,10-12H2,1H3. The summed E-state index contributed by atoms with van der Waals surface area (Å²) in [7, 11) is 1.77. The lowest BCUT2D eigenvalue weighted by Gasteiger charge is -2.11. The molecule has 0 aliphatic heterocycles. The molecule has 0 aromatic heterocycles. The van der Waals surface area contributed by atoms with E-state index >= 15 is 0 Å². The maximum absolute atomic E-state index is 10.7. The lowest BCUT2D eigenvalue weighted by Crippen LogP contribution is -2.03. The average Bonchev–Trinajstić information content (AvgIpc) is 2.40. The van der Waals surface area contributed by atoms with Gasteiger partial charge in [-0.25, -0.2) is 8.42 Å². The van der Waals surface area contributed by atoms with Crippen LogP contribution in [0.1, 0.15) is 32.6 Å². The van der Waals surface area contributed by atoms with Crippen molar-refractivity contribution in [2.45, 2.75) is 32.6 Å². The van der Waals surface area contributed by atoms with Gasteiger partial charge < -0.3 is 9.47 Å². The first-order chi connectivity index (χ1) is 9.53. The number of para-hydroxylation sites is 2. The van der Waals surface area contributed by atoms with Crippen LogP contribution in [0.5, 0.6) is 11.5 Å². The third-order valence-corrected chi connectivity index (χ3v) is 3.84. The fourth-order valence-corrected chi connectivity index (χ4v) is 2.51. The molecule has 0 heterocycles. The van der Waals surface area contributed by atoms with Gasteiger partial charge in [0, 0.05) is 10.7 Å². The molecule has 0 bridgehead atoms. The molecule has 0 N–H and O–H groups in total. The van der Waals surface area contributed by atoms with Crippen molar-refractivity contribution in [1.29, 1.82) is 0 Å². The van der Waals surface area contributed by atoms with E-state index in [4.69, 9.17) is 20.2 Å². The van der Waals surface area contributed by atoms with Crippen LogP contribution in [0.15, 0.2) is 24.3 Å². The molecular weight excluding hydrogens is 300 g/mol. The zero-order chi connectivity index (χ0) is 14.8. The smallest absolute Gasteiger partial charge is 0.232 e. The number of hydrogen-bond donors (Lipinski definition) is 0. The summed E-state index contributed by atoms with van der Waals surface area (Å²) in [6.45, 7) is 3.25. The van der Waals surface area contributed by atoms with E-state index in [-0.39, 0.29) is 5.75 Å². The van der Waals surface area contributed by atoms with Gasteiger partial charge in [0.25, 0.3) is 0 Å². The van der Waals surface area contributed by atoms with Crippen molar-refractivity contribution in [3.8, 4) is 11.5 Å². The number of ether oxygens (including phenoxy) is 2. The molecule has 0 saturated carbocycles. The molecule has 0 atom stereocenters. The minimum Gasteiger partial charge on any atom is -0.490 e. The maximum atomic E-state index is 10.7. The minimum absolute atomic E-state index is 0.0186. The third-order valence-electron chi connectivity index (χ3n) is 2.60. The molecule has 1 aromatic carbocycles. The number of rotatable bonds is 10.